The van der Waals surface area contributed by atoms with Crippen LogP contribution in [-0.4, -0.2) is 20.8 Å². The predicted octanol–water partition coefficient (Wildman–Crippen LogP) is 20.1. The van der Waals surface area contributed by atoms with E-state index in [1.165, 1.54) is 0 Å². The first kappa shape index (κ1) is 56.1. The molecule has 19 rings (SSSR count). The zero-order valence-electron chi connectivity index (χ0n) is 53.4. The first-order valence-corrected chi connectivity index (χ1v) is 33.0. The number of aromatic nitrogens is 4. The number of hydrogen-bond donors (Lipinski definition) is 0. The van der Waals surface area contributed by atoms with Crippen molar-refractivity contribution in [2.24, 2.45) is 0 Å². The van der Waals surface area contributed by atoms with Gasteiger partial charge < -0.3 is 18.9 Å². The minimum absolute atomic E-state index is 0.144. The fourth-order valence-electron chi connectivity index (χ4n) is 14.9. The van der Waals surface area contributed by atoms with Gasteiger partial charge in [-0.2, -0.15) is 0 Å². The molecule has 0 atom stereocenters. The molecule has 16 aromatic rings. The van der Waals surface area contributed by atoms with Gasteiger partial charge in [-0.1, -0.05) is 203 Å². The quantitative estimate of drug-likeness (QED) is 0.0734. The van der Waals surface area contributed by atoms with Crippen molar-refractivity contribution in [2.45, 2.75) is 26.2 Å². The van der Waals surface area contributed by atoms with Crippen LogP contribution in [0.4, 0.5) is 0 Å². The van der Waals surface area contributed by atoms with Crippen LogP contribution >= 0.6 is 0 Å². The van der Waals surface area contributed by atoms with Gasteiger partial charge in [0.25, 0.3) is 13.0 Å². The molecular formula is C88H59BN4O4. The highest BCUT2D eigenvalue weighted by Crippen LogP contribution is 2.49. The molecule has 0 unspecified atom stereocenters. The van der Waals surface area contributed by atoms with Crippen LogP contribution in [0.3, 0.4) is 0 Å². The molecule has 9 heteroatoms. The first-order valence-electron chi connectivity index (χ1n) is 33.0. The summed E-state index contributed by atoms with van der Waals surface area (Å²) in [7, 11) is 0. The summed E-state index contributed by atoms with van der Waals surface area (Å²) in [6.45, 7) is 6.55. The van der Waals surface area contributed by atoms with Gasteiger partial charge in [0.2, 0.25) is 0 Å². The van der Waals surface area contributed by atoms with Crippen molar-refractivity contribution in [2.75, 3.05) is 0 Å². The standard InChI is InChI=1S/C88H59BN4O4/c1-88(2,3)65-42-43-90-81(50-65)93-74-52-68(40-41-71(74)82-75(93)53-80-85-87(82)97-79-39-21-37-77-84(79)89(85)83-76(95-77)36-20-38-78(83)96-80)94-67-31-18-30-66(51-67)91-54-92(73-35-17-16-34-72(73)91)86-69(63-46-59(55-22-8-4-9-23-55)44-60(47-63)56-24-10-5-11-25-56)32-19-33-70(86)64-48-61(57-26-12-6-13-27-57)45-62(49-64)58-28-14-7-15-29-58/h4-53H,1-3H3. The van der Waals surface area contributed by atoms with Crippen LogP contribution in [0.25, 0.3) is 117 Å². The van der Waals surface area contributed by atoms with Gasteiger partial charge in [-0.15, -0.1) is 0 Å². The van der Waals surface area contributed by atoms with E-state index < -0.39 is 0 Å². The van der Waals surface area contributed by atoms with E-state index in [9.17, 15) is 0 Å². The Morgan fingerprint density at radius 2 is 0.907 bits per heavy atom. The van der Waals surface area contributed by atoms with E-state index in [4.69, 9.17) is 23.9 Å². The molecule has 3 aromatic heterocycles. The van der Waals surface area contributed by atoms with Gasteiger partial charge in [-0.05, 0) is 181 Å². The topological polar surface area (TPSA) is 63.6 Å². The largest absolute Gasteiger partial charge is 0.458 e. The summed E-state index contributed by atoms with van der Waals surface area (Å²) < 4.78 is 34.4. The van der Waals surface area contributed by atoms with Crippen molar-refractivity contribution in [3.63, 3.8) is 0 Å². The molecule has 0 N–H and O–H groups in total. The number of nitrogens with zero attached hydrogens (tertiary/aromatic N) is 4. The molecule has 8 nitrogen and oxygen atoms in total. The molecule has 97 heavy (non-hydrogen) atoms. The van der Waals surface area contributed by atoms with Gasteiger partial charge in [0, 0.05) is 40.1 Å². The second-order valence-corrected chi connectivity index (χ2v) is 26.4. The van der Waals surface area contributed by atoms with Crippen molar-refractivity contribution in [1.82, 2.24) is 14.1 Å². The van der Waals surface area contributed by atoms with Crippen LogP contribution in [0.5, 0.6) is 46.0 Å². The van der Waals surface area contributed by atoms with Crippen molar-refractivity contribution < 1.29 is 23.5 Å². The zero-order chi connectivity index (χ0) is 64.5. The molecule has 0 aliphatic carbocycles. The molecule has 6 heterocycles. The van der Waals surface area contributed by atoms with Gasteiger partial charge in [-0.3, -0.25) is 13.7 Å². The average molecular weight is 1250 g/mol. The Hall–Kier alpha value is -12.5. The predicted molar refractivity (Wildman–Crippen MR) is 391 cm³/mol. The molecule has 3 aliphatic heterocycles. The Balaban J connectivity index is 0.781. The molecule has 458 valence electrons. The zero-order valence-corrected chi connectivity index (χ0v) is 53.4. The normalized spacial score (nSPS) is 12.5. The Morgan fingerprint density at radius 3 is 1.48 bits per heavy atom. The van der Waals surface area contributed by atoms with Crippen LogP contribution in [0.1, 0.15) is 26.3 Å². The maximum atomic E-state index is 7.15. The van der Waals surface area contributed by atoms with Crippen LogP contribution in [-0.2, 0) is 5.41 Å². The fraction of sp³-hybridized carbons (Fsp3) is 0.0455. The van der Waals surface area contributed by atoms with Crippen LogP contribution in [0, 0.1) is 6.33 Å². The summed E-state index contributed by atoms with van der Waals surface area (Å²) in [5, 5.41) is 1.96. The third-order valence-corrected chi connectivity index (χ3v) is 19.4. The highest BCUT2D eigenvalue weighted by Gasteiger charge is 2.47. The lowest BCUT2D eigenvalue weighted by Crippen LogP contribution is -2.59. The number of pyridine rings is 1. The second-order valence-electron chi connectivity index (χ2n) is 26.4. The molecular weight excluding hydrogens is 1190 g/mol. The highest BCUT2D eigenvalue weighted by molar-refractivity contribution is 6.99. The summed E-state index contributed by atoms with van der Waals surface area (Å²) in [5.74, 6) is 6.72. The molecule has 3 aliphatic rings. The summed E-state index contributed by atoms with van der Waals surface area (Å²) in [4.78, 5) is 5.12. The SMILES string of the molecule is CC(C)(C)c1ccnc(-n2c3cc(Oc4cccc(-n5[c-][n+](-c6c(-c7cc(-c8ccccc8)cc(-c8ccccc8)c7)cccc6-c6cc(-c7ccccc7)cc(-c7ccccc7)c6)c6ccccc65)c4)ccc3c3c4c5c(cc32)Oc2cccc3c2B5c2c(cccc2O4)O3)c1. The lowest BCUT2D eigenvalue weighted by atomic mass is 9.34. The van der Waals surface area contributed by atoms with Crippen LogP contribution in [0.15, 0.2) is 303 Å². The Labute approximate surface area is 561 Å². The number of imidazole rings is 1. The molecule has 0 saturated carbocycles. The molecule has 13 aromatic carbocycles. The van der Waals surface area contributed by atoms with Crippen molar-refractivity contribution in [3.8, 4) is 130 Å². The summed E-state index contributed by atoms with van der Waals surface area (Å²) in [6, 6.07) is 105. The van der Waals surface area contributed by atoms with E-state index >= 15 is 0 Å². The van der Waals surface area contributed by atoms with Crippen molar-refractivity contribution in [3.05, 3.63) is 315 Å². The third kappa shape index (κ3) is 9.37. The van der Waals surface area contributed by atoms with E-state index in [2.05, 4.69) is 296 Å². The third-order valence-electron chi connectivity index (χ3n) is 19.4. The number of rotatable bonds is 11. The second kappa shape index (κ2) is 22.1. The smallest absolute Gasteiger partial charge is 0.270 e. The average Bonchev–Trinajstić information content (AvgIpc) is 1.67. The van der Waals surface area contributed by atoms with Crippen molar-refractivity contribution >= 4 is 55.9 Å². The van der Waals surface area contributed by atoms with Crippen molar-refractivity contribution in [1.29, 1.82) is 0 Å². The number of hydrogen-bond acceptors (Lipinski definition) is 5. The van der Waals surface area contributed by atoms with Gasteiger partial charge in [0.15, 0.2) is 0 Å². The number of ether oxygens (including phenoxy) is 4. The maximum Gasteiger partial charge on any atom is 0.270 e. The van der Waals surface area contributed by atoms with E-state index in [-0.39, 0.29) is 12.1 Å². The molecule has 0 amide bonds. The van der Waals surface area contributed by atoms with E-state index in [0.717, 1.165) is 173 Å². The van der Waals surface area contributed by atoms with Crippen LogP contribution < -0.4 is 39.9 Å². The molecule has 0 saturated heterocycles. The number of para-hydroxylation sites is 3. The monoisotopic (exact) mass is 1250 g/mol. The maximum absolute atomic E-state index is 7.15. The van der Waals surface area contributed by atoms with Gasteiger partial charge in [-0.25, -0.2) is 4.98 Å². The van der Waals surface area contributed by atoms with Gasteiger partial charge >= 0.3 is 0 Å². The Kier molecular flexibility index (Phi) is 12.8. The first-order chi connectivity index (χ1) is 47.7. The van der Waals surface area contributed by atoms with E-state index in [0.29, 0.717) is 11.5 Å². The lowest BCUT2D eigenvalue weighted by molar-refractivity contribution is -0.571. The summed E-state index contributed by atoms with van der Waals surface area (Å²) in [6.07, 6.45) is 5.91. The minimum atomic E-state index is -0.144. The Bertz CT molecular complexity index is 5600. The lowest BCUT2D eigenvalue weighted by Gasteiger charge is -2.37. The van der Waals surface area contributed by atoms with E-state index in [1.807, 2.05) is 48.7 Å². The molecule has 0 bridgehead atoms. The minimum Gasteiger partial charge on any atom is -0.458 e. The highest BCUT2D eigenvalue weighted by atomic mass is 16.5. The van der Waals surface area contributed by atoms with E-state index in [1.54, 1.807) is 0 Å². The van der Waals surface area contributed by atoms with Gasteiger partial charge in [0.05, 0.1) is 38.8 Å². The molecule has 0 spiro atoms. The summed E-state index contributed by atoms with van der Waals surface area (Å²) in [5.41, 5.74) is 23.0. The number of fused-ring (bicyclic) bond motifs is 5. The number of benzene rings is 13. The summed E-state index contributed by atoms with van der Waals surface area (Å²) >= 11 is 0. The Morgan fingerprint density at radius 1 is 0.402 bits per heavy atom. The van der Waals surface area contributed by atoms with Gasteiger partial charge in [0.1, 0.15) is 51.8 Å². The molecule has 0 radical (unpaired) electrons. The van der Waals surface area contributed by atoms with Crippen LogP contribution in [0.2, 0.25) is 0 Å². The fourth-order valence-corrected chi connectivity index (χ4v) is 14.9. The molecule has 0 fully saturated rings.